The van der Waals surface area contributed by atoms with Crippen molar-refractivity contribution >= 4 is 22.6 Å². The smallest absolute Gasteiger partial charge is 0.145 e. The molecule has 0 fully saturated rings. The Hall–Kier alpha value is -1.81. The molecule has 4 nitrogen and oxygen atoms in total. The second-order valence-corrected chi connectivity index (χ2v) is 4.35. The van der Waals surface area contributed by atoms with E-state index >= 15 is 0 Å². The van der Waals surface area contributed by atoms with Gasteiger partial charge >= 0.3 is 0 Å². The highest BCUT2D eigenvalue weighted by molar-refractivity contribution is 6.31. The molecule has 85 valence electrons. The second-order valence-electron chi connectivity index (χ2n) is 3.91. The molecule has 0 saturated heterocycles. The molecule has 0 spiro atoms. The molecule has 0 atom stereocenters. The van der Waals surface area contributed by atoms with Crippen LogP contribution in [0.25, 0.3) is 16.9 Å². The van der Waals surface area contributed by atoms with Crippen molar-refractivity contribution in [1.29, 1.82) is 0 Å². The molecule has 0 aromatic carbocycles. The summed E-state index contributed by atoms with van der Waals surface area (Å²) in [5, 5.41) is 5.92. The highest BCUT2D eigenvalue weighted by Gasteiger charge is 2.09. The molecule has 0 aliphatic carbocycles. The number of fused-ring (bicyclic) bond motifs is 1. The molecule has 1 radical (unpaired) electrons. The number of hydrogen-bond acceptors (Lipinski definition) is 2. The van der Waals surface area contributed by atoms with E-state index in [0.717, 1.165) is 22.5 Å². The molecule has 17 heavy (non-hydrogen) atoms. The molecule has 0 saturated carbocycles. The van der Waals surface area contributed by atoms with Gasteiger partial charge in [-0.3, -0.25) is 9.25 Å². The van der Waals surface area contributed by atoms with Crippen LogP contribution in [0, 0.1) is 13.0 Å². The van der Waals surface area contributed by atoms with E-state index in [2.05, 4.69) is 16.1 Å². The third-order valence-electron chi connectivity index (χ3n) is 2.62. The molecular formula is C12H10ClN4. The number of aromatic nitrogens is 4. The van der Waals surface area contributed by atoms with Gasteiger partial charge in [-0.1, -0.05) is 11.6 Å². The van der Waals surface area contributed by atoms with E-state index in [0.29, 0.717) is 5.02 Å². The number of nitrogens with zero attached hydrogens (tertiary/aromatic N) is 4. The van der Waals surface area contributed by atoms with Crippen molar-refractivity contribution in [3.63, 3.8) is 0 Å². The standard InChI is InChI=1S/C12H10ClN4/c1-8-5-11(16(2)15-8)17-4-3-9-6-10(13)7-14-12(9)17/h3-4,6-7H,1-2H3. The van der Waals surface area contributed by atoms with Gasteiger partial charge in [-0.15, -0.1) is 0 Å². The van der Waals surface area contributed by atoms with E-state index in [1.807, 2.05) is 36.9 Å². The highest BCUT2D eigenvalue weighted by atomic mass is 35.5. The first-order valence-corrected chi connectivity index (χ1v) is 5.59. The number of rotatable bonds is 1. The summed E-state index contributed by atoms with van der Waals surface area (Å²) in [5.74, 6) is 0.868. The largest absolute Gasteiger partial charge is 0.285 e. The maximum absolute atomic E-state index is 5.91. The van der Waals surface area contributed by atoms with Crippen molar-refractivity contribution in [1.82, 2.24) is 19.3 Å². The molecule has 3 rings (SSSR count). The molecule has 5 heteroatoms. The third kappa shape index (κ3) is 1.61. The van der Waals surface area contributed by atoms with Crippen LogP contribution in [0.1, 0.15) is 5.69 Å². The summed E-state index contributed by atoms with van der Waals surface area (Å²) in [6.07, 6.45) is 3.59. The van der Waals surface area contributed by atoms with E-state index in [-0.39, 0.29) is 0 Å². The minimum absolute atomic E-state index is 0.639. The van der Waals surface area contributed by atoms with Gasteiger partial charge in [0.1, 0.15) is 11.5 Å². The molecule has 0 aliphatic rings. The third-order valence-corrected chi connectivity index (χ3v) is 2.83. The summed E-state index contributed by atoms with van der Waals surface area (Å²) in [4.78, 5) is 4.34. The van der Waals surface area contributed by atoms with E-state index in [9.17, 15) is 0 Å². The fourth-order valence-electron chi connectivity index (χ4n) is 1.92. The predicted molar refractivity (Wildman–Crippen MR) is 66.4 cm³/mol. The van der Waals surface area contributed by atoms with Crippen LogP contribution in [0.2, 0.25) is 5.02 Å². The Morgan fingerprint density at radius 1 is 1.41 bits per heavy atom. The van der Waals surface area contributed by atoms with Gasteiger partial charge in [0, 0.05) is 24.8 Å². The van der Waals surface area contributed by atoms with Crippen LogP contribution >= 0.6 is 11.6 Å². The Kier molecular flexibility index (Phi) is 2.19. The predicted octanol–water partition coefficient (Wildman–Crippen LogP) is 2.52. The molecule has 0 amide bonds. The van der Waals surface area contributed by atoms with Crippen LogP contribution in [-0.2, 0) is 7.05 Å². The Morgan fingerprint density at radius 2 is 2.24 bits per heavy atom. The van der Waals surface area contributed by atoms with Gasteiger partial charge in [0.25, 0.3) is 0 Å². The van der Waals surface area contributed by atoms with Crippen LogP contribution in [0.3, 0.4) is 0 Å². The number of hydrogen-bond donors (Lipinski definition) is 0. The summed E-state index contributed by atoms with van der Waals surface area (Å²) < 4.78 is 3.73. The van der Waals surface area contributed by atoms with Gasteiger partial charge in [0.2, 0.25) is 0 Å². The van der Waals surface area contributed by atoms with Crippen molar-refractivity contribution < 1.29 is 0 Å². The van der Waals surface area contributed by atoms with Crippen LogP contribution in [0.15, 0.2) is 24.5 Å². The maximum atomic E-state index is 5.91. The van der Waals surface area contributed by atoms with Gasteiger partial charge < -0.3 is 0 Å². The zero-order valence-corrected chi connectivity index (χ0v) is 10.2. The van der Waals surface area contributed by atoms with E-state index in [1.54, 1.807) is 10.9 Å². The van der Waals surface area contributed by atoms with E-state index < -0.39 is 0 Å². The van der Waals surface area contributed by atoms with Gasteiger partial charge in [0.05, 0.1) is 16.8 Å². The monoisotopic (exact) mass is 245 g/mol. The van der Waals surface area contributed by atoms with Crippen molar-refractivity contribution in [2.75, 3.05) is 0 Å². The molecule has 0 bridgehead atoms. The van der Waals surface area contributed by atoms with Crippen LogP contribution < -0.4 is 0 Å². The van der Waals surface area contributed by atoms with Gasteiger partial charge in [-0.2, -0.15) is 5.10 Å². The zero-order valence-electron chi connectivity index (χ0n) is 9.48. The quantitative estimate of drug-likeness (QED) is 0.660. The summed E-state index contributed by atoms with van der Waals surface area (Å²) in [5.41, 5.74) is 1.71. The lowest BCUT2D eigenvalue weighted by molar-refractivity contribution is 0.727. The summed E-state index contributed by atoms with van der Waals surface area (Å²) in [6, 6.07) is 7.06. The van der Waals surface area contributed by atoms with Gasteiger partial charge in [0.15, 0.2) is 0 Å². The average Bonchev–Trinajstić information content (AvgIpc) is 2.81. The first-order valence-electron chi connectivity index (χ1n) is 5.21. The normalized spacial score (nSPS) is 11.2. The van der Waals surface area contributed by atoms with Crippen molar-refractivity contribution in [2.24, 2.45) is 7.05 Å². The van der Waals surface area contributed by atoms with Crippen molar-refractivity contribution in [2.45, 2.75) is 6.92 Å². The van der Waals surface area contributed by atoms with Crippen LogP contribution in [0.5, 0.6) is 0 Å². The average molecular weight is 246 g/mol. The SMILES string of the molecule is Cc1[c]c(-n2ccc3cc(Cl)cnc32)n(C)n1. The van der Waals surface area contributed by atoms with Crippen molar-refractivity contribution in [3.8, 4) is 5.82 Å². The molecule has 3 aromatic heterocycles. The number of pyridine rings is 1. The van der Waals surface area contributed by atoms with E-state index in [1.165, 1.54) is 0 Å². The Labute approximate surface area is 103 Å². The summed E-state index contributed by atoms with van der Waals surface area (Å²) in [7, 11) is 1.89. The zero-order chi connectivity index (χ0) is 12.0. The lowest BCUT2D eigenvalue weighted by Crippen LogP contribution is -2.02. The fourth-order valence-corrected chi connectivity index (χ4v) is 2.09. The minimum atomic E-state index is 0.639. The molecule has 3 aromatic rings. The first-order chi connectivity index (χ1) is 8.15. The molecule has 0 aliphatic heterocycles. The van der Waals surface area contributed by atoms with Crippen molar-refractivity contribution in [3.05, 3.63) is 41.3 Å². The Morgan fingerprint density at radius 3 is 2.94 bits per heavy atom. The van der Waals surface area contributed by atoms with Crippen LogP contribution in [-0.4, -0.2) is 19.3 Å². The maximum Gasteiger partial charge on any atom is 0.145 e. The van der Waals surface area contributed by atoms with Gasteiger partial charge in [-0.25, -0.2) is 4.98 Å². The minimum Gasteiger partial charge on any atom is -0.285 e. The lowest BCUT2D eigenvalue weighted by Gasteiger charge is -2.03. The van der Waals surface area contributed by atoms with Gasteiger partial charge in [-0.05, 0) is 19.1 Å². The Balaban J connectivity index is 2.28. The summed E-state index contributed by atoms with van der Waals surface area (Å²) in [6.45, 7) is 1.92. The topological polar surface area (TPSA) is 35.6 Å². The van der Waals surface area contributed by atoms with E-state index in [4.69, 9.17) is 11.6 Å². The summed E-state index contributed by atoms with van der Waals surface area (Å²) >= 11 is 5.91. The first kappa shape index (κ1) is 10.4. The molecule has 3 heterocycles. The highest BCUT2D eigenvalue weighted by Crippen LogP contribution is 2.21. The fraction of sp³-hybridized carbons (Fsp3) is 0.167. The number of halogens is 1. The molecule has 0 unspecified atom stereocenters. The number of aryl methyl sites for hydroxylation is 2. The molecule has 0 N–H and O–H groups in total. The lowest BCUT2D eigenvalue weighted by atomic mass is 10.3. The second kappa shape index (κ2) is 3.60. The van der Waals surface area contributed by atoms with Crippen LogP contribution in [0.4, 0.5) is 0 Å². The molecular weight excluding hydrogens is 236 g/mol. The Bertz CT molecular complexity index is 696.